The van der Waals surface area contributed by atoms with E-state index in [1.807, 2.05) is 39.8 Å². The Balaban J connectivity index is 1.16. The van der Waals surface area contributed by atoms with Crippen molar-refractivity contribution in [1.82, 2.24) is 24.7 Å². The van der Waals surface area contributed by atoms with Gasteiger partial charge in [-0.1, -0.05) is 6.92 Å². The number of aldehydes is 1. The van der Waals surface area contributed by atoms with Crippen molar-refractivity contribution in [2.45, 2.75) is 58.6 Å². The Bertz CT molecular complexity index is 1240. The highest BCUT2D eigenvalue weighted by atomic mass is 16.6. The Morgan fingerprint density at radius 3 is 2.30 bits per heavy atom. The summed E-state index contributed by atoms with van der Waals surface area (Å²) in [5.74, 6) is 0.957. The van der Waals surface area contributed by atoms with E-state index in [9.17, 15) is 9.59 Å². The van der Waals surface area contributed by atoms with Gasteiger partial charge in [-0.15, -0.1) is 0 Å². The molecule has 0 bridgehead atoms. The lowest BCUT2D eigenvalue weighted by molar-refractivity contribution is -0.00816. The number of amides is 1. The molecule has 1 aromatic carbocycles. The molecule has 3 aliphatic heterocycles. The van der Waals surface area contributed by atoms with E-state index in [2.05, 4.69) is 49.2 Å². The molecule has 0 atom stereocenters. The number of anilines is 3. The van der Waals surface area contributed by atoms with E-state index >= 15 is 0 Å². The number of carbonyl (C=O) groups excluding carboxylic acids is 2. The number of piperazine rings is 1. The molecule has 0 radical (unpaired) electrons. The molecule has 1 N–H and O–H groups in total. The second kappa shape index (κ2) is 13.5. The van der Waals surface area contributed by atoms with Crippen molar-refractivity contribution in [2.24, 2.45) is 5.92 Å². The molecule has 2 aromatic rings. The smallest absolute Gasteiger partial charge is 0.410 e. The molecule has 5 rings (SSSR count). The maximum absolute atomic E-state index is 12.2. The van der Waals surface area contributed by atoms with E-state index in [4.69, 9.17) is 9.47 Å². The highest BCUT2D eigenvalue weighted by molar-refractivity contribution is 5.82. The average Bonchev–Trinajstić information content (AvgIpc) is 2.96. The summed E-state index contributed by atoms with van der Waals surface area (Å²) in [5.41, 5.74) is 2.40. The van der Waals surface area contributed by atoms with Crippen LogP contribution in [0.1, 0.15) is 56.7 Å². The zero-order chi connectivity index (χ0) is 30.6. The van der Waals surface area contributed by atoms with Crippen LogP contribution in [0.25, 0.3) is 0 Å². The number of aryl methyl sites for hydroxylation is 1. The summed E-state index contributed by atoms with van der Waals surface area (Å²) >= 11 is 0. The van der Waals surface area contributed by atoms with Crippen LogP contribution in [0.5, 0.6) is 5.88 Å². The second-order valence-corrected chi connectivity index (χ2v) is 13.0. The van der Waals surface area contributed by atoms with E-state index in [0.717, 1.165) is 38.2 Å². The first-order chi connectivity index (χ1) is 20.6. The first-order valence-corrected chi connectivity index (χ1v) is 15.6. The lowest BCUT2D eigenvalue weighted by Gasteiger charge is -2.42. The van der Waals surface area contributed by atoms with Crippen molar-refractivity contribution >= 4 is 29.6 Å². The number of likely N-dealkylation sites (tertiary alicyclic amines) is 1. The maximum Gasteiger partial charge on any atom is 0.410 e. The third kappa shape index (κ3) is 7.94. The van der Waals surface area contributed by atoms with Gasteiger partial charge in [0.15, 0.2) is 12.1 Å². The van der Waals surface area contributed by atoms with Crippen LogP contribution in [0.2, 0.25) is 0 Å². The minimum atomic E-state index is -0.518. The van der Waals surface area contributed by atoms with Crippen molar-refractivity contribution < 1.29 is 19.1 Å². The first kappa shape index (κ1) is 31.0. The van der Waals surface area contributed by atoms with Gasteiger partial charge in [-0.2, -0.15) is 4.98 Å². The highest BCUT2D eigenvalue weighted by Gasteiger charge is 2.34. The number of carbonyl (C=O) groups is 2. The number of piperidine rings is 1. The summed E-state index contributed by atoms with van der Waals surface area (Å²) < 4.78 is 11.5. The Morgan fingerprint density at radius 2 is 1.70 bits per heavy atom. The van der Waals surface area contributed by atoms with E-state index < -0.39 is 5.60 Å². The standard InChI is InChI=1S/C32H47N7O4/c1-6-27-30(42-22-23-19-39(20-23)31(41)43-32(2,3)4)35-29(28(21-40)34-27)33-24-7-9-25(10-8-24)37-13-11-26(12-14-37)38-17-15-36(5)16-18-38/h7-10,21,23,26H,6,11-20,22H2,1-5H3,(H,33,35). The zero-order valence-corrected chi connectivity index (χ0v) is 26.3. The monoisotopic (exact) mass is 593 g/mol. The molecule has 1 amide bonds. The van der Waals surface area contributed by atoms with Crippen LogP contribution < -0.4 is 15.0 Å². The molecule has 3 fully saturated rings. The Morgan fingerprint density at radius 1 is 1.02 bits per heavy atom. The number of likely N-dealkylation sites (N-methyl/N-ethyl adjacent to an activating group) is 1. The number of hydrogen-bond donors (Lipinski definition) is 1. The Labute approximate surface area is 255 Å². The summed E-state index contributed by atoms with van der Waals surface area (Å²) in [4.78, 5) is 42.5. The molecule has 3 saturated heterocycles. The molecular weight excluding hydrogens is 546 g/mol. The molecule has 0 aliphatic carbocycles. The molecule has 0 spiro atoms. The predicted octanol–water partition coefficient (Wildman–Crippen LogP) is 4.06. The lowest BCUT2D eigenvalue weighted by Crippen LogP contribution is -2.53. The minimum absolute atomic E-state index is 0.181. The van der Waals surface area contributed by atoms with E-state index in [1.54, 1.807) is 4.90 Å². The minimum Gasteiger partial charge on any atom is -0.476 e. The summed E-state index contributed by atoms with van der Waals surface area (Å²) in [6.07, 6.45) is 3.38. The van der Waals surface area contributed by atoms with E-state index in [-0.39, 0.29) is 17.7 Å². The van der Waals surface area contributed by atoms with Crippen molar-refractivity contribution in [3.8, 4) is 5.88 Å². The normalized spacial score (nSPS) is 19.2. The first-order valence-electron chi connectivity index (χ1n) is 15.6. The fraction of sp³-hybridized carbons (Fsp3) is 0.625. The van der Waals surface area contributed by atoms with Crippen LogP contribution in [0, 0.1) is 5.92 Å². The Hall–Kier alpha value is -3.44. The number of ether oxygens (including phenoxy) is 2. The van der Waals surface area contributed by atoms with E-state index in [0.29, 0.717) is 49.6 Å². The van der Waals surface area contributed by atoms with Gasteiger partial charge in [-0.05, 0) is 71.3 Å². The molecule has 43 heavy (non-hydrogen) atoms. The predicted molar refractivity (Wildman–Crippen MR) is 168 cm³/mol. The largest absolute Gasteiger partial charge is 0.476 e. The maximum atomic E-state index is 12.2. The number of aromatic nitrogens is 2. The number of nitrogens with zero attached hydrogens (tertiary/aromatic N) is 6. The molecule has 4 heterocycles. The number of nitrogens with one attached hydrogen (secondary N) is 1. The van der Waals surface area contributed by atoms with Crippen LogP contribution in [0.3, 0.4) is 0 Å². The highest BCUT2D eigenvalue weighted by Crippen LogP contribution is 2.28. The van der Waals surface area contributed by atoms with Crippen molar-refractivity contribution in [2.75, 3.05) is 76.2 Å². The number of benzene rings is 1. The van der Waals surface area contributed by atoms with Crippen LogP contribution in [0.4, 0.5) is 22.0 Å². The van der Waals surface area contributed by atoms with Crippen LogP contribution in [-0.4, -0.2) is 115 Å². The van der Waals surface area contributed by atoms with Crippen LogP contribution >= 0.6 is 0 Å². The SMILES string of the molecule is CCc1nc(C=O)c(Nc2ccc(N3CCC(N4CCN(C)CC4)CC3)cc2)nc1OCC1CN(C(=O)OC(C)(C)C)C1. The average molecular weight is 594 g/mol. The molecule has 234 valence electrons. The molecule has 3 aliphatic rings. The lowest BCUT2D eigenvalue weighted by atomic mass is 10.0. The fourth-order valence-electron chi connectivity index (χ4n) is 5.91. The van der Waals surface area contributed by atoms with Gasteiger partial charge < -0.3 is 29.5 Å². The van der Waals surface area contributed by atoms with Gasteiger partial charge >= 0.3 is 6.09 Å². The van der Waals surface area contributed by atoms with Crippen molar-refractivity contribution in [1.29, 1.82) is 0 Å². The fourth-order valence-corrected chi connectivity index (χ4v) is 5.91. The third-order valence-corrected chi connectivity index (χ3v) is 8.48. The van der Waals surface area contributed by atoms with Crippen LogP contribution in [0.15, 0.2) is 24.3 Å². The Kier molecular flexibility index (Phi) is 9.71. The number of rotatable bonds is 9. The summed E-state index contributed by atoms with van der Waals surface area (Å²) in [5, 5.41) is 3.27. The molecular formula is C32H47N7O4. The van der Waals surface area contributed by atoms with Crippen molar-refractivity contribution in [3.05, 3.63) is 35.7 Å². The molecule has 11 heteroatoms. The summed E-state index contributed by atoms with van der Waals surface area (Å²) in [6.45, 7) is 15.9. The topological polar surface area (TPSA) is 103 Å². The van der Waals surface area contributed by atoms with Crippen molar-refractivity contribution in [3.63, 3.8) is 0 Å². The van der Waals surface area contributed by atoms with Gasteiger partial charge in [0, 0.05) is 75.7 Å². The molecule has 11 nitrogen and oxygen atoms in total. The van der Waals surface area contributed by atoms with Gasteiger partial charge in [0.2, 0.25) is 5.88 Å². The van der Waals surface area contributed by atoms with Gasteiger partial charge in [0.1, 0.15) is 17.0 Å². The zero-order valence-electron chi connectivity index (χ0n) is 26.3. The molecule has 0 unspecified atom stereocenters. The number of hydrogen-bond acceptors (Lipinski definition) is 10. The summed E-state index contributed by atoms with van der Waals surface area (Å²) in [7, 11) is 2.21. The quantitative estimate of drug-likeness (QED) is 0.428. The van der Waals surface area contributed by atoms with Gasteiger partial charge in [0.05, 0.1) is 6.61 Å². The molecule has 1 aromatic heterocycles. The van der Waals surface area contributed by atoms with Gasteiger partial charge in [0.25, 0.3) is 0 Å². The van der Waals surface area contributed by atoms with Gasteiger partial charge in [-0.3, -0.25) is 9.69 Å². The summed E-state index contributed by atoms with van der Waals surface area (Å²) in [6, 6.07) is 8.97. The van der Waals surface area contributed by atoms with Crippen LogP contribution in [-0.2, 0) is 11.2 Å². The second-order valence-electron chi connectivity index (χ2n) is 13.0. The molecule has 0 saturated carbocycles. The third-order valence-electron chi connectivity index (χ3n) is 8.48. The van der Waals surface area contributed by atoms with E-state index in [1.165, 1.54) is 31.6 Å². The van der Waals surface area contributed by atoms with Gasteiger partial charge in [-0.25, -0.2) is 9.78 Å².